The average molecular weight is 355 g/mol. The summed E-state index contributed by atoms with van der Waals surface area (Å²) < 4.78 is 12.6. The van der Waals surface area contributed by atoms with Gasteiger partial charge in [-0.05, 0) is 37.5 Å². The number of hydrogen-bond donors (Lipinski definition) is 0. The first-order valence-corrected chi connectivity index (χ1v) is 10.3. The lowest BCUT2D eigenvalue weighted by molar-refractivity contribution is -0.262. The van der Waals surface area contributed by atoms with Crippen LogP contribution in [0.3, 0.4) is 0 Å². The minimum Gasteiger partial charge on any atom is -0.433 e. The summed E-state index contributed by atoms with van der Waals surface area (Å²) in [5, 5.41) is 0. The van der Waals surface area contributed by atoms with Crippen LogP contribution >= 0.6 is 0 Å². The maximum atomic E-state index is 13.1. The van der Waals surface area contributed by atoms with Crippen LogP contribution in [-0.4, -0.2) is 17.9 Å². The van der Waals surface area contributed by atoms with Crippen LogP contribution in [0.1, 0.15) is 107 Å². The summed E-state index contributed by atoms with van der Waals surface area (Å²) in [5.74, 6) is -0.707. The van der Waals surface area contributed by atoms with Crippen LogP contribution in [0.5, 0.6) is 0 Å². The van der Waals surface area contributed by atoms with E-state index in [2.05, 4.69) is 41.5 Å². The summed E-state index contributed by atoms with van der Waals surface area (Å²) >= 11 is 0. The Labute approximate surface area is 156 Å². The largest absolute Gasteiger partial charge is 0.433 e. The molecule has 1 saturated carbocycles. The Balaban J connectivity index is 2.96. The molecule has 2 unspecified atom stereocenters. The highest BCUT2D eigenvalue weighted by molar-refractivity contribution is 5.77. The highest BCUT2D eigenvalue weighted by Crippen LogP contribution is 2.39. The van der Waals surface area contributed by atoms with Crippen molar-refractivity contribution in [3.8, 4) is 0 Å². The van der Waals surface area contributed by atoms with E-state index in [1.165, 1.54) is 19.3 Å². The predicted octanol–water partition coefficient (Wildman–Crippen LogP) is 6.49. The van der Waals surface area contributed by atoms with Crippen molar-refractivity contribution < 1.29 is 14.3 Å². The third-order valence-corrected chi connectivity index (χ3v) is 5.64. The zero-order valence-corrected chi connectivity index (χ0v) is 18.0. The molecule has 0 aromatic heterocycles. The van der Waals surface area contributed by atoms with Crippen molar-refractivity contribution in [2.75, 3.05) is 0 Å². The first kappa shape index (κ1) is 22.5. The summed E-state index contributed by atoms with van der Waals surface area (Å²) in [6, 6.07) is 0. The number of carbonyl (C=O) groups excluding carboxylic acids is 1. The van der Waals surface area contributed by atoms with Crippen molar-refractivity contribution in [1.29, 1.82) is 0 Å². The summed E-state index contributed by atoms with van der Waals surface area (Å²) in [6.07, 6.45) is 8.61. The van der Waals surface area contributed by atoms with Crippen LogP contribution in [0.25, 0.3) is 0 Å². The number of ether oxygens (including phenoxy) is 2. The van der Waals surface area contributed by atoms with E-state index in [-0.39, 0.29) is 23.4 Å². The Morgan fingerprint density at radius 1 is 1.04 bits per heavy atom. The maximum Gasteiger partial charge on any atom is 0.314 e. The fraction of sp³-hybridized carbons (Fsp3) is 0.955. The maximum absolute atomic E-state index is 13.1. The van der Waals surface area contributed by atoms with Gasteiger partial charge < -0.3 is 9.47 Å². The van der Waals surface area contributed by atoms with Crippen LogP contribution in [0, 0.1) is 16.7 Å². The van der Waals surface area contributed by atoms with E-state index >= 15 is 0 Å². The Bertz CT molecular complexity index is 417. The molecule has 0 spiro atoms. The van der Waals surface area contributed by atoms with E-state index < -0.39 is 11.2 Å². The van der Waals surface area contributed by atoms with Gasteiger partial charge in [0.1, 0.15) is 0 Å². The molecule has 0 saturated heterocycles. The van der Waals surface area contributed by atoms with Gasteiger partial charge in [-0.15, -0.1) is 0 Å². The lowest BCUT2D eigenvalue weighted by atomic mass is 9.75. The van der Waals surface area contributed by atoms with E-state index in [1.807, 2.05) is 13.8 Å². The van der Waals surface area contributed by atoms with E-state index in [0.29, 0.717) is 6.42 Å². The fourth-order valence-corrected chi connectivity index (χ4v) is 4.06. The molecule has 0 bridgehead atoms. The number of esters is 1. The molecule has 0 N–H and O–H groups in total. The first-order chi connectivity index (χ1) is 11.4. The molecule has 3 heteroatoms. The normalized spacial score (nSPS) is 21.6. The quantitative estimate of drug-likeness (QED) is 0.369. The molecule has 1 aliphatic rings. The highest BCUT2D eigenvalue weighted by Gasteiger charge is 2.44. The van der Waals surface area contributed by atoms with Crippen LogP contribution in [0.4, 0.5) is 0 Å². The number of rotatable bonds is 8. The Kier molecular flexibility index (Phi) is 7.98. The molecular formula is C22H42O3. The molecule has 2 atom stereocenters. The Hall–Kier alpha value is -0.570. The highest BCUT2D eigenvalue weighted by atomic mass is 16.7. The topological polar surface area (TPSA) is 35.5 Å². The minimum absolute atomic E-state index is 0.0304. The first-order valence-electron chi connectivity index (χ1n) is 10.3. The SMILES string of the molecule is CCCC(C)(C(=O)OC(C)(CC(C)(C)C)OC1CCCCC1)C(C)C. The smallest absolute Gasteiger partial charge is 0.314 e. The van der Waals surface area contributed by atoms with Gasteiger partial charge in [-0.25, -0.2) is 0 Å². The van der Waals surface area contributed by atoms with Crippen molar-refractivity contribution >= 4 is 5.97 Å². The molecule has 0 heterocycles. The third kappa shape index (κ3) is 6.92. The standard InChI is InChI=1S/C22H42O3/c1-9-15-21(7,17(2)3)19(23)25-22(8,16-20(4,5)6)24-18-13-11-10-12-14-18/h17-18H,9-16H2,1-8H3. The van der Waals surface area contributed by atoms with E-state index in [0.717, 1.165) is 25.7 Å². The third-order valence-electron chi connectivity index (χ3n) is 5.64. The molecule has 25 heavy (non-hydrogen) atoms. The molecule has 0 radical (unpaired) electrons. The van der Waals surface area contributed by atoms with E-state index in [1.54, 1.807) is 0 Å². The second-order valence-electron chi connectivity index (χ2n) is 9.96. The number of carbonyl (C=O) groups is 1. The Morgan fingerprint density at radius 2 is 1.60 bits per heavy atom. The van der Waals surface area contributed by atoms with Crippen molar-refractivity contribution in [2.45, 2.75) is 119 Å². The zero-order chi connectivity index (χ0) is 19.3. The molecular weight excluding hydrogens is 312 g/mol. The van der Waals surface area contributed by atoms with Gasteiger partial charge in [-0.3, -0.25) is 4.79 Å². The van der Waals surface area contributed by atoms with Gasteiger partial charge >= 0.3 is 5.97 Å². The van der Waals surface area contributed by atoms with Gasteiger partial charge in [-0.1, -0.05) is 67.2 Å². The van der Waals surface area contributed by atoms with Crippen molar-refractivity contribution in [3.05, 3.63) is 0 Å². The van der Waals surface area contributed by atoms with Crippen molar-refractivity contribution in [3.63, 3.8) is 0 Å². The molecule has 0 aromatic rings. The fourth-order valence-electron chi connectivity index (χ4n) is 4.06. The second-order valence-corrected chi connectivity index (χ2v) is 9.96. The van der Waals surface area contributed by atoms with E-state index in [4.69, 9.17) is 9.47 Å². The van der Waals surface area contributed by atoms with Gasteiger partial charge in [0.15, 0.2) is 0 Å². The minimum atomic E-state index is -0.846. The summed E-state index contributed by atoms with van der Waals surface area (Å²) in [4.78, 5) is 13.1. The molecule has 148 valence electrons. The van der Waals surface area contributed by atoms with Crippen molar-refractivity contribution in [1.82, 2.24) is 0 Å². The summed E-state index contributed by atoms with van der Waals surface area (Å²) in [6.45, 7) is 16.9. The van der Waals surface area contributed by atoms with Crippen LogP contribution in [-0.2, 0) is 14.3 Å². The van der Waals surface area contributed by atoms with Gasteiger partial charge in [0, 0.05) is 13.3 Å². The Morgan fingerprint density at radius 3 is 2.04 bits per heavy atom. The van der Waals surface area contributed by atoms with Crippen molar-refractivity contribution in [2.24, 2.45) is 16.7 Å². The number of hydrogen-bond acceptors (Lipinski definition) is 3. The molecule has 1 fully saturated rings. The lowest BCUT2D eigenvalue weighted by Gasteiger charge is -2.41. The zero-order valence-electron chi connectivity index (χ0n) is 18.0. The second kappa shape index (κ2) is 8.88. The molecule has 1 rings (SSSR count). The average Bonchev–Trinajstić information content (AvgIpc) is 2.45. The van der Waals surface area contributed by atoms with Gasteiger partial charge in [0.05, 0.1) is 11.5 Å². The predicted molar refractivity (Wildman–Crippen MR) is 104 cm³/mol. The summed E-state index contributed by atoms with van der Waals surface area (Å²) in [5.41, 5.74) is -0.424. The van der Waals surface area contributed by atoms with Crippen LogP contribution < -0.4 is 0 Å². The monoisotopic (exact) mass is 354 g/mol. The molecule has 0 amide bonds. The van der Waals surface area contributed by atoms with Crippen LogP contribution in [0.2, 0.25) is 0 Å². The summed E-state index contributed by atoms with van der Waals surface area (Å²) in [7, 11) is 0. The van der Waals surface area contributed by atoms with Gasteiger partial charge in [0.2, 0.25) is 5.79 Å². The van der Waals surface area contributed by atoms with Crippen LogP contribution in [0.15, 0.2) is 0 Å². The molecule has 0 aromatic carbocycles. The molecule has 0 aliphatic heterocycles. The van der Waals surface area contributed by atoms with Gasteiger partial charge in [-0.2, -0.15) is 0 Å². The van der Waals surface area contributed by atoms with E-state index in [9.17, 15) is 4.79 Å². The molecule has 3 nitrogen and oxygen atoms in total. The lowest BCUT2D eigenvalue weighted by Crippen LogP contribution is -2.46. The molecule has 1 aliphatic carbocycles. The van der Waals surface area contributed by atoms with Gasteiger partial charge in [0.25, 0.3) is 0 Å².